The Labute approximate surface area is 82.1 Å². The number of benzene rings is 1. The molecule has 2 heteroatoms. The molecule has 1 aromatic carbocycles. The van der Waals surface area contributed by atoms with E-state index >= 15 is 0 Å². The predicted octanol–water partition coefficient (Wildman–Crippen LogP) is 3.21. The summed E-state index contributed by atoms with van der Waals surface area (Å²) in [5.41, 5.74) is 1.51. The third-order valence-electron chi connectivity index (χ3n) is 2.08. The van der Waals surface area contributed by atoms with Crippen LogP contribution in [0.15, 0.2) is 30.3 Å². The van der Waals surface area contributed by atoms with Gasteiger partial charge >= 0.3 is 0 Å². The van der Waals surface area contributed by atoms with E-state index in [-0.39, 0.29) is 0 Å². The highest BCUT2D eigenvalue weighted by atomic mass is 32.2. The van der Waals surface area contributed by atoms with E-state index in [1.165, 1.54) is 22.2 Å². The van der Waals surface area contributed by atoms with Gasteiger partial charge in [-0.05, 0) is 5.56 Å². The SMILES string of the molecule is c1ccc(C2CSCSC2)cc1. The summed E-state index contributed by atoms with van der Waals surface area (Å²) in [6.45, 7) is 0. The Morgan fingerprint density at radius 1 is 1.00 bits per heavy atom. The first-order valence-electron chi connectivity index (χ1n) is 4.17. The van der Waals surface area contributed by atoms with Gasteiger partial charge in [-0.15, -0.1) is 0 Å². The fourth-order valence-electron chi connectivity index (χ4n) is 1.41. The van der Waals surface area contributed by atoms with Crippen molar-refractivity contribution in [2.24, 2.45) is 0 Å². The van der Waals surface area contributed by atoms with Crippen LogP contribution in [0.4, 0.5) is 0 Å². The highest BCUT2D eigenvalue weighted by molar-refractivity contribution is 8.16. The van der Waals surface area contributed by atoms with Crippen LogP contribution in [-0.4, -0.2) is 16.6 Å². The van der Waals surface area contributed by atoms with Crippen molar-refractivity contribution < 1.29 is 0 Å². The van der Waals surface area contributed by atoms with Gasteiger partial charge in [-0.2, -0.15) is 23.5 Å². The Balaban J connectivity index is 2.08. The summed E-state index contributed by atoms with van der Waals surface area (Å²) in [7, 11) is 0. The van der Waals surface area contributed by atoms with E-state index in [2.05, 4.69) is 53.9 Å². The number of rotatable bonds is 1. The maximum absolute atomic E-state index is 2.25. The van der Waals surface area contributed by atoms with Gasteiger partial charge in [-0.1, -0.05) is 30.3 Å². The maximum Gasteiger partial charge on any atom is 0.0392 e. The lowest BCUT2D eigenvalue weighted by Crippen LogP contribution is -2.09. The molecule has 0 aliphatic carbocycles. The Morgan fingerprint density at radius 3 is 2.33 bits per heavy atom. The molecule has 12 heavy (non-hydrogen) atoms. The lowest BCUT2D eigenvalue weighted by atomic mass is 10.0. The summed E-state index contributed by atoms with van der Waals surface area (Å²) in [6.07, 6.45) is 0. The summed E-state index contributed by atoms with van der Waals surface area (Å²) < 4.78 is 0. The molecule has 1 aromatic rings. The number of hydrogen-bond acceptors (Lipinski definition) is 2. The van der Waals surface area contributed by atoms with Crippen molar-refractivity contribution in [3.8, 4) is 0 Å². The first kappa shape index (κ1) is 8.52. The predicted molar refractivity (Wildman–Crippen MR) is 59.0 cm³/mol. The lowest BCUT2D eigenvalue weighted by Gasteiger charge is -2.20. The lowest BCUT2D eigenvalue weighted by molar-refractivity contribution is 0.892. The van der Waals surface area contributed by atoms with Crippen molar-refractivity contribution in [2.45, 2.75) is 5.92 Å². The van der Waals surface area contributed by atoms with Gasteiger partial charge < -0.3 is 0 Å². The average Bonchev–Trinajstić information content (AvgIpc) is 2.21. The van der Waals surface area contributed by atoms with E-state index in [1.54, 1.807) is 0 Å². The molecule has 1 aliphatic heterocycles. The van der Waals surface area contributed by atoms with E-state index in [0.29, 0.717) is 0 Å². The molecule has 1 heterocycles. The molecule has 0 atom stereocenters. The van der Waals surface area contributed by atoms with Crippen LogP contribution in [0.3, 0.4) is 0 Å². The minimum Gasteiger partial charge on any atom is -0.150 e. The Hall–Kier alpha value is -0.0800. The van der Waals surface area contributed by atoms with E-state index < -0.39 is 0 Å². The van der Waals surface area contributed by atoms with Crippen molar-refractivity contribution in [3.05, 3.63) is 35.9 Å². The second-order valence-corrected chi connectivity index (χ2v) is 5.39. The maximum atomic E-state index is 2.25. The molecule has 0 amide bonds. The summed E-state index contributed by atoms with van der Waals surface area (Å²) in [6, 6.07) is 10.9. The van der Waals surface area contributed by atoms with Crippen molar-refractivity contribution >= 4 is 23.5 Å². The first-order valence-corrected chi connectivity index (χ1v) is 6.48. The molecule has 0 N–H and O–H groups in total. The van der Waals surface area contributed by atoms with Crippen LogP contribution in [-0.2, 0) is 0 Å². The highest BCUT2D eigenvalue weighted by Gasteiger charge is 2.15. The van der Waals surface area contributed by atoms with Gasteiger partial charge in [-0.3, -0.25) is 0 Å². The van der Waals surface area contributed by atoms with Crippen molar-refractivity contribution in [1.29, 1.82) is 0 Å². The molecule has 64 valence electrons. The smallest absolute Gasteiger partial charge is 0.0392 e. The molecule has 0 saturated carbocycles. The minimum atomic E-state index is 0.787. The molecule has 1 fully saturated rings. The number of thioether (sulfide) groups is 2. The van der Waals surface area contributed by atoms with Crippen LogP contribution in [0.1, 0.15) is 11.5 Å². The summed E-state index contributed by atoms with van der Waals surface area (Å²) in [4.78, 5) is 0. The fourth-order valence-corrected chi connectivity index (χ4v) is 3.99. The first-order chi connectivity index (χ1) is 5.97. The van der Waals surface area contributed by atoms with E-state index in [4.69, 9.17) is 0 Å². The molecular weight excluding hydrogens is 184 g/mol. The Morgan fingerprint density at radius 2 is 1.67 bits per heavy atom. The molecule has 0 radical (unpaired) electrons. The monoisotopic (exact) mass is 196 g/mol. The molecule has 0 nitrogen and oxygen atoms in total. The zero-order valence-electron chi connectivity index (χ0n) is 6.90. The molecule has 2 rings (SSSR count). The Bertz CT molecular complexity index is 227. The van der Waals surface area contributed by atoms with Gasteiger partial charge in [0.25, 0.3) is 0 Å². The van der Waals surface area contributed by atoms with E-state index in [0.717, 1.165) is 5.92 Å². The van der Waals surface area contributed by atoms with Crippen LogP contribution >= 0.6 is 23.5 Å². The molecule has 0 aromatic heterocycles. The van der Waals surface area contributed by atoms with E-state index in [1.807, 2.05) is 0 Å². The van der Waals surface area contributed by atoms with Crippen LogP contribution in [0.25, 0.3) is 0 Å². The van der Waals surface area contributed by atoms with Crippen molar-refractivity contribution in [1.82, 2.24) is 0 Å². The molecule has 1 aliphatic rings. The summed E-state index contributed by atoms with van der Waals surface area (Å²) in [5.74, 6) is 3.39. The second-order valence-electron chi connectivity index (χ2n) is 2.97. The summed E-state index contributed by atoms with van der Waals surface area (Å²) >= 11 is 4.12. The second kappa shape index (κ2) is 4.24. The van der Waals surface area contributed by atoms with Crippen LogP contribution in [0.2, 0.25) is 0 Å². The van der Waals surface area contributed by atoms with Gasteiger partial charge in [0.2, 0.25) is 0 Å². The van der Waals surface area contributed by atoms with E-state index in [9.17, 15) is 0 Å². The van der Waals surface area contributed by atoms with Crippen LogP contribution in [0, 0.1) is 0 Å². The molecule has 0 bridgehead atoms. The zero-order chi connectivity index (χ0) is 8.23. The molecular formula is C10H12S2. The van der Waals surface area contributed by atoms with Gasteiger partial charge in [0.15, 0.2) is 0 Å². The largest absolute Gasteiger partial charge is 0.150 e. The average molecular weight is 196 g/mol. The molecule has 0 unspecified atom stereocenters. The topological polar surface area (TPSA) is 0 Å². The zero-order valence-corrected chi connectivity index (χ0v) is 8.53. The van der Waals surface area contributed by atoms with Crippen molar-refractivity contribution in [2.75, 3.05) is 16.6 Å². The highest BCUT2D eigenvalue weighted by Crippen LogP contribution is 2.32. The Kier molecular flexibility index (Phi) is 3.01. The fraction of sp³-hybridized carbons (Fsp3) is 0.400. The molecule has 1 saturated heterocycles. The van der Waals surface area contributed by atoms with Crippen LogP contribution < -0.4 is 0 Å². The van der Waals surface area contributed by atoms with Crippen molar-refractivity contribution in [3.63, 3.8) is 0 Å². The standard InChI is InChI=1S/C10H12S2/c1-2-4-9(5-3-1)10-6-11-8-12-7-10/h1-5,10H,6-8H2. The number of hydrogen-bond donors (Lipinski definition) is 0. The van der Waals surface area contributed by atoms with Gasteiger partial charge in [0, 0.05) is 22.5 Å². The quantitative estimate of drug-likeness (QED) is 0.676. The van der Waals surface area contributed by atoms with Gasteiger partial charge in [0.05, 0.1) is 0 Å². The third-order valence-corrected chi connectivity index (χ3v) is 4.69. The van der Waals surface area contributed by atoms with Gasteiger partial charge in [0.1, 0.15) is 0 Å². The minimum absolute atomic E-state index is 0.787. The molecule has 0 spiro atoms. The normalized spacial score (nSPS) is 19.3. The van der Waals surface area contributed by atoms with Gasteiger partial charge in [-0.25, -0.2) is 0 Å². The summed E-state index contributed by atoms with van der Waals surface area (Å²) in [5, 5.41) is 1.28. The third kappa shape index (κ3) is 1.99. The van der Waals surface area contributed by atoms with Crippen LogP contribution in [0.5, 0.6) is 0 Å².